The lowest BCUT2D eigenvalue weighted by Gasteiger charge is -2.34. The van der Waals surface area contributed by atoms with E-state index in [4.69, 9.17) is 9.47 Å². The van der Waals surface area contributed by atoms with E-state index in [1.807, 2.05) is 30.3 Å². The van der Waals surface area contributed by atoms with Crippen molar-refractivity contribution in [1.29, 1.82) is 0 Å². The van der Waals surface area contributed by atoms with E-state index in [2.05, 4.69) is 44.8 Å². The molecule has 2 aromatic carbocycles. The minimum Gasteiger partial charge on any atom is -0.493 e. The number of anilines is 1. The summed E-state index contributed by atoms with van der Waals surface area (Å²) in [6, 6.07) is 19.8. The van der Waals surface area contributed by atoms with Gasteiger partial charge in [-0.05, 0) is 35.4 Å². The Kier molecular flexibility index (Phi) is 6.87. The molecule has 3 aromatic rings. The zero-order valence-corrected chi connectivity index (χ0v) is 18.4. The van der Waals surface area contributed by atoms with Crippen LogP contribution in [0.5, 0.6) is 11.5 Å². The number of nitrogens with one attached hydrogen (secondary N) is 2. The molecule has 2 heterocycles. The van der Waals surface area contributed by atoms with Gasteiger partial charge in [0.15, 0.2) is 11.5 Å². The van der Waals surface area contributed by atoms with Gasteiger partial charge in [-0.3, -0.25) is 4.79 Å². The second-order valence-corrected chi connectivity index (χ2v) is 7.64. The summed E-state index contributed by atoms with van der Waals surface area (Å²) in [5.41, 5.74) is 2.77. The first-order valence-corrected chi connectivity index (χ1v) is 10.7. The molecule has 1 fully saturated rings. The van der Waals surface area contributed by atoms with Crippen molar-refractivity contribution in [2.45, 2.75) is 12.6 Å². The van der Waals surface area contributed by atoms with E-state index in [1.54, 1.807) is 26.5 Å². The van der Waals surface area contributed by atoms with Crippen molar-refractivity contribution in [3.8, 4) is 11.5 Å². The van der Waals surface area contributed by atoms with Crippen molar-refractivity contribution in [1.82, 2.24) is 15.6 Å². The number of piperazine rings is 1. The zero-order chi connectivity index (χ0) is 22.3. The number of nitrogens with zero attached hydrogens (tertiary/aromatic N) is 2. The fourth-order valence-electron chi connectivity index (χ4n) is 3.87. The van der Waals surface area contributed by atoms with Gasteiger partial charge in [0.2, 0.25) is 0 Å². The average molecular weight is 433 g/mol. The third-order valence-corrected chi connectivity index (χ3v) is 5.61. The predicted molar refractivity (Wildman–Crippen MR) is 124 cm³/mol. The molecule has 0 aliphatic carbocycles. The van der Waals surface area contributed by atoms with Crippen molar-refractivity contribution in [3.05, 3.63) is 83.6 Å². The molecule has 1 aliphatic rings. The van der Waals surface area contributed by atoms with Gasteiger partial charge in [-0.1, -0.05) is 36.4 Å². The van der Waals surface area contributed by atoms with Crippen molar-refractivity contribution in [2.75, 3.05) is 38.8 Å². The van der Waals surface area contributed by atoms with Crippen molar-refractivity contribution < 1.29 is 14.3 Å². The third kappa shape index (κ3) is 5.00. The summed E-state index contributed by atoms with van der Waals surface area (Å²) in [4.78, 5) is 19.5. The Morgan fingerprint density at radius 2 is 1.91 bits per heavy atom. The van der Waals surface area contributed by atoms with Crippen LogP contribution in [0.3, 0.4) is 0 Å². The molecule has 7 nitrogen and oxygen atoms in total. The fraction of sp³-hybridized carbons (Fsp3) is 0.280. The average Bonchev–Trinajstić information content (AvgIpc) is 2.87. The number of rotatable bonds is 7. The molecule has 0 bridgehead atoms. The Balaban J connectivity index is 1.41. The van der Waals surface area contributed by atoms with Gasteiger partial charge in [0, 0.05) is 44.0 Å². The molecule has 1 saturated heterocycles. The van der Waals surface area contributed by atoms with Gasteiger partial charge in [-0.25, -0.2) is 4.98 Å². The minimum absolute atomic E-state index is 0.141. The molecule has 7 heteroatoms. The van der Waals surface area contributed by atoms with Gasteiger partial charge < -0.3 is 25.0 Å². The summed E-state index contributed by atoms with van der Waals surface area (Å²) in [6.07, 6.45) is 1.69. The molecular weight excluding hydrogens is 404 g/mol. The number of hydrogen-bond acceptors (Lipinski definition) is 6. The van der Waals surface area contributed by atoms with E-state index >= 15 is 0 Å². The van der Waals surface area contributed by atoms with Crippen LogP contribution in [0, 0.1) is 0 Å². The van der Waals surface area contributed by atoms with E-state index in [1.165, 1.54) is 5.56 Å². The lowest BCUT2D eigenvalue weighted by atomic mass is 10.0. The van der Waals surface area contributed by atoms with E-state index in [-0.39, 0.29) is 11.9 Å². The summed E-state index contributed by atoms with van der Waals surface area (Å²) in [6.45, 7) is 2.89. The van der Waals surface area contributed by atoms with Gasteiger partial charge in [0.1, 0.15) is 5.82 Å². The smallest absolute Gasteiger partial charge is 0.251 e. The highest BCUT2D eigenvalue weighted by Crippen LogP contribution is 2.27. The van der Waals surface area contributed by atoms with Crippen molar-refractivity contribution in [2.24, 2.45) is 0 Å². The van der Waals surface area contributed by atoms with Gasteiger partial charge >= 0.3 is 0 Å². The van der Waals surface area contributed by atoms with Crippen LogP contribution < -0.4 is 25.0 Å². The summed E-state index contributed by atoms with van der Waals surface area (Å²) < 4.78 is 10.6. The Morgan fingerprint density at radius 1 is 1.09 bits per heavy atom. The molecule has 1 aliphatic heterocycles. The summed E-state index contributed by atoms with van der Waals surface area (Å²) >= 11 is 0. The third-order valence-electron chi connectivity index (χ3n) is 5.61. The van der Waals surface area contributed by atoms with E-state index < -0.39 is 0 Å². The Morgan fingerprint density at radius 3 is 2.69 bits per heavy atom. The Hall–Kier alpha value is -3.58. The van der Waals surface area contributed by atoms with Crippen LogP contribution in [0.25, 0.3) is 0 Å². The maximum absolute atomic E-state index is 12.8. The van der Waals surface area contributed by atoms with Crippen LogP contribution >= 0.6 is 0 Å². The summed E-state index contributed by atoms with van der Waals surface area (Å²) in [7, 11) is 3.19. The maximum Gasteiger partial charge on any atom is 0.251 e. The zero-order valence-electron chi connectivity index (χ0n) is 18.4. The van der Waals surface area contributed by atoms with E-state index in [0.717, 1.165) is 31.0 Å². The highest BCUT2D eigenvalue weighted by Gasteiger charge is 2.22. The molecule has 1 atom stereocenters. The molecule has 1 aromatic heterocycles. The number of hydrogen-bond donors (Lipinski definition) is 2. The van der Waals surface area contributed by atoms with Crippen molar-refractivity contribution >= 4 is 11.7 Å². The van der Waals surface area contributed by atoms with Crippen LogP contribution in [-0.2, 0) is 6.54 Å². The van der Waals surface area contributed by atoms with Gasteiger partial charge in [0.05, 0.1) is 14.2 Å². The predicted octanol–water partition coefficient (Wildman–Crippen LogP) is 3.18. The lowest BCUT2D eigenvalue weighted by Crippen LogP contribution is -2.46. The molecule has 0 saturated carbocycles. The monoisotopic (exact) mass is 432 g/mol. The molecule has 0 spiro atoms. The standard InChI is InChI=1S/C25H28N4O3/c1-31-22-9-8-18(14-23(22)32-2)16-28-25(30)20-10-11-27-24(15-20)29-13-12-26-21(17-29)19-6-4-3-5-7-19/h3-11,14-15,21,26H,12-13,16-17H2,1-2H3,(H,28,30)/t21-/m0/s1. The van der Waals surface area contributed by atoms with E-state index in [0.29, 0.717) is 23.6 Å². The molecule has 0 radical (unpaired) electrons. The van der Waals surface area contributed by atoms with Crippen molar-refractivity contribution in [3.63, 3.8) is 0 Å². The molecular formula is C25H28N4O3. The largest absolute Gasteiger partial charge is 0.493 e. The van der Waals surface area contributed by atoms with E-state index in [9.17, 15) is 4.79 Å². The van der Waals surface area contributed by atoms with Crippen LogP contribution in [0.1, 0.15) is 27.5 Å². The second kappa shape index (κ2) is 10.2. The normalized spacial score (nSPS) is 15.8. The van der Waals surface area contributed by atoms with Crippen LogP contribution in [0.4, 0.5) is 5.82 Å². The number of carbonyl (C=O) groups is 1. The Labute approximate surface area is 188 Å². The van der Waals surface area contributed by atoms with Gasteiger partial charge in [-0.15, -0.1) is 0 Å². The summed E-state index contributed by atoms with van der Waals surface area (Å²) in [5, 5.41) is 6.54. The van der Waals surface area contributed by atoms with Gasteiger partial charge in [0.25, 0.3) is 5.91 Å². The summed E-state index contributed by atoms with van der Waals surface area (Å²) in [5.74, 6) is 1.97. The Bertz CT molecular complexity index is 1060. The highest BCUT2D eigenvalue weighted by atomic mass is 16.5. The highest BCUT2D eigenvalue weighted by molar-refractivity contribution is 5.94. The number of ether oxygens (including phenoxy) is 2. The number of benzene rings is 2. The van der Waals surface area contributed by atoms with Crippen LogP contribution in [0.2, 0.25) is 0 Å². The molecule has 2 N–H and O–H groups in total. The van der Waals surface area contributed by atoms with Crippen LogP contribution in [-0.4, -0.2) is 44.7 Å². The number of amides is 1. The lowest BCUT2D eigenvalue weighted by molar-refractivity contribution is 0.0950. The molecule has 4 rings (SSSR count). The molecule has 32 heavy (non-hydrogen) atoms. The molecule has 166 valence electrons. The topological polar surface area (TPSA) is 75.7 Å². The van der Waals surface area contributed by atoms with Gasteiger partial charge in [-0.2, -0.15) is 0 Å². The first-order chi connectivity index (χ1) is 15.7. The molecule has 0 unspecified atom stereocenters. The number of pyridine rings is 1. The SMILES string of the molecule is COc1ccc(CNC(=O)c2ccnc(N3CCN[C@H](c4ccccc4)C3)c2)cc1OC. The number of methoxy groups -OCH3 is 2. The quantitative estimate of drug-likeness (QED) is 0.597. The fourth-order valence-corrected chi connectivity index (χ4v) is 3.87. The number of carbonyl (C=O) groups excluding carboxylic acids is 1. The first-order valence-electron chi connectivity index (χ1n) is 10.7. The second-order valence-electron chi connectivity index (χ2n) is 7.64. The number of aromatic nitrogens is 1. The molecule has 1 amide bonds. The first kappa shape index (κ1) is 21.6. The maximum atomic E-state index is 12.8. The minimum atomic E-state index is -0.141. The van der Waals surface area contributed by atoms with Crippen LogP contribution in [0.15, 0.2) is 66.9 Å².